The number of halogens is 5. The highest BCUT2D eigenvalue weighted by Gasteiger charge is 2.39. The Morgan fingerprint density at radius 2 is 1.69 bits per heavy atom. The number of benzene rings is 3. The number of alkyl halides is 3. The third-order valence-corrected chi connectivity index (χ3v) is 6.36. The molecule has 0 aliphatic heterocycles. The van der Waals surface area contributed by atoms with Gasteiger partial charge in [-0.2, -0.15) is 13.2 Å². The predicted molar refractivity (Wildman–Crippen MR) is 144 cm³/mol. The van der Waals surface area contributed by atoms with Crippen LogP contribution in [0.3, 0.4) is 0 Å². The number of carbonyl (C=O) groups excluding carboxylic acids is 1. The highest BCUT2D eigenvalue weighted by Crippen LogP contribution is 2.24. The standard InChI is InChI=1S/C27H20ClF4N7O3/c28-17-11-9-16(10-12-17)24-36-38(26(42)37(24)13-22(40)27(30,31)32)14-23-33-15-39(35-23)21-8-4-1-5-18(21)25(41)34-20-7-3-2-6-19(20)29/h1-12,15,22,40H,13-14H2,(H,34,41). The quantitative estimate of drug-likeness (QED) is 0.256. The number of aliphatic hydroxyl groups excluding tert-OH is 1. The van der Waals surface area contributed by atoms with Crippen molar-refractivity contribution in [3.05, 3.63) is 112 Å². The second kappa shape index (κ2) is 11.6. The molecule has 5 rings (SSSR count). The van der Waals surface area contributed by atoms with Crippen molar-refractivity contribution in [2.24, 2.45) is 0 Å². The molecule has 15 heteroatoms. The summed E-state index contributed by atoms with van der Waals surface area (Å²) >= 11 is 5.91. The van der Waals surface area contributed by atoms with Gasteiger partial charge >= 0.3 is 11.9 Å². The zero-order valence-electron chi connectivity index (χ0n) is 21.3. The van der Waals surface area contributed by atoms with E-state index in [9.17, 15) is 32.3 Å². The summed E-state index contributed by atoms with van der Waals surface area (Å²) in [6, 6.07) is 17.9. The fourth-order valence-electron chi connectivity index (χ4n) is 4.04. The van der Waals surface area contributed by atoms with Gasteiger partial charge in [-0.3, -0.25) is 9.36 Å². The van der Waals surface area contributed by atoms with Crippen LogP contribution in [0, 0.1) is 5.82 Å². The molecule has 0 aliphatic rings. The topological polar surface area (TPSA) is 120 Å². The monoisotopic (exact) mass is 601 g/mol. The summed E-state index contributed by atoms with van der Waals surface area (Å²) in [6.45, 7) is -1.43. The molecule has 2 heterocycles. The first-order chi connectivity index (χ1) is 20.0. The third-order valence-electron chi connectivity index (χ3n) is 6.11. The molecule has 2 N–H and O–H groups in total. The summed E-state index contributed by atoms with van der Waals surface area (Å²) in [5, 5.41) is 21.0. The van der Waals surface area contributed by atoms with Crippen LogP contribution in [0.15, 0.2) is 83.9 Å². The van der Waals surface area contributed by atoms with E-state index in [1.165, 1.54) is 59.5 Å². The van der Waals surface area contributed by atoms with Gasteiger partial charge in [0.1, 0.15) is 18.7 Å². The minimum absolute atomic E-state index is 0.0151. The Morgan fingerprint density at radius 3 is 2.40 bits per heavy atom. The van der Waals surface area contributed by atoms with Crippen molar-refractivity contribution in [3.63, 3.8) is 0 Å². The van der Waals surface area contributed by atoms with Gasteiger partial charge in [-0.15, -0.1) is 10.2 Å². The van der Waals surface area contributed by atoms with Crippen LogP contribution in [-0.4, -0.2) is 52.4 Å². The normalized spacial score (nSPS) is 12.3. The molecule has 0 fully saturated rings. The van der Waals surface area contributed by atoms with Gasteiger partial charge in [-0.25, -0.2) is 23.5 Å². The highest BCUT2D eigenvalue weighted by atomic mass is 35.5. The number of nitrogens with one attached hydrogen (secondary N) is 1. The Morgan fingerprint density at radius 1 is 1.00 bits per heavy atom. The molecule has 0 saturated carbocycles. The van der Waals surface area contributed by atoms with Gasteiger partial charge in [0.2, 0.25) is 0 Å². The minimum atomic E-state index is -4.97. The van der Waals surface area contributed by atoms with E-state index in [-0.39, 0.29) is 40.7 Å². The van der Waals surface area contributed by atoms with Gasteiger partial charge in [0.25, 0.3) is 5.91 Å². The molecule has 2 aromatic heterocycles. The maximum Gasteiger partial charge on any atom is 0.416 e. The van der Waals surface area contributed by atoms with Crippen molar-refractivity contribution in [1.29, 1.82) is 0 Å². The lowest BCUT2D eigenvalue weighted by molar-refractivity contribution is -0.207. The first-order valence-electron chi connectivity index (χ1n) is 12.3. The smallest absolute Gasteiger partial charge is 0.382 e. The number of nitrogens with zero attached hydrogens (tertiary/aromatic N) is 6. The van der Waals surface area contributed by atoms with Crippen molar-refractivity contribution in [3.8, 4) is 17.1 Å². The Bertz CT molecular complexity index is 1800. The van der Waals surface area contributed by atoms with Gasteiger partial charge in [-0.05, 0) is 48.5 Å². The van der Waals surface area contributed by atoms with Crippen LogP contribution in [0.4, 0.5) is 23.2 Å². The molecule has 1 amide bonds. The van der Waals surface area contributed by atoms with Crippen LogP contribution in [0.1, 0.15) is 16.2 Å². The Kier molecular flexibility index (Phi) is 7.91. The second-order valence-electron chi connectivity index (χ2n) is 9.00. The van der Waals surface area contributed by atoms with Crippen molar-refractivity contribution in [2.45, 2.75) is 25.4 Å². The summed E-state index contributed by atoms with van der Waals surface area (Å²) in [5.74, 6) is -1.31. The predicted octanol–water partition coefficient (Wildman–Crippen LogP) is 4.31. The van der Waals surface area contributed by atoms with E-state index in [1.807, 2.05) is 0 Å². The summed E-state index contributed by atoms with van der Waals surface area (Å²) in [5.41, 5.74) is -0.233. The number of amides is 1. The van der Waals surface area contributed by atoms with Crippen LogP contribution >= 0.6 is 11.6 Å². The first-order valence-corrected chi connectivity index (χ1v) is 12.6. The fourth-order valence-corrected chi connectivity index (χ4v) is 4.16. The third kappa shape index (κ3) is 6.09. The van der Waals surface area contributed by atoms with E-state index in [4.69, 9.17) is 11.6 Å². The van der Waals surface area contributed by atoms with E-state index in [0.29, 0.717) is 9.59 Å². The average Bonchev–Trinajstić information content (AvgIpc) is 3.55. The summed E-state index contributed by atoms with van der Waals surface area (Å²) in [4.78, 5) is 30.2. The minimum Gasteiger partial charge on any atom is -0.382 e. The van der Waals surface area contributed by atoms with Crippen molar-refractivity contribution in [2.75, 3.05) is 5.32 Å². The molecule has 0 saturated heterocycles. The Labute approximate surface area is 239 Å². The molecule has 42 heavy (non-hydrogen) atoms. The highest BCUT2D eigenvalue weighted by molar-refractivity contribution is 6.30. The van der Waals surface area contributed by atoms with Crippen LogP contribution in [-0.2, 0) is 13.1 Å². The van der Waals surface area contributed by atoms with Crippen molar-refractivity contribution < 1.29 is 27.5 Å². The van der Waals surface area contributed by atoms with Crippen LogP contribution < -0.4 is 11.0 Å². The number of hydrogen-bond donors (Lipinski definition) is 2. The first kappa shape index (κ1) is 28.7. The van der Waals surface area contributed by atoms with Crippen molar-refractivity contribution in [1.82, 2.24) is 29.1 Å². The van der Waals surface area contributed by atoms with Gasteiger partial charge in [0.05, 0.1) is 23.5 Å². The fraction of sp³-hybridized carbons (Fsp3) is 0.148. The molecule has 5 aromatic rings. The maximum atomic E-state index is 14.1. The number of aliphatic hydroxyl groups is 1. The number of rotatable bonds is 8. The SMILES string of the molecule is O=C(Nc1ccccc1F)c1ccccc1-n1cnc(Cn2nc(-c3ccc(Cl)cc3)n(CC(O)C(F)(F)F)c2=O)n1. The molecule has 1 unspecified atom stereocenters. The number of carbonyl (C=O) groups is 1. The lowest BCUT2D eigenvalue weighted by atomic mass is 10.1. The van der Waals surface area contributed by atoms with Crippen molar-refractivity contribution >= 4 is 23.2 Å². The van der Waals surface area contributed by atoms with E-state index >= 15 is 0 Å². The zero-order chi connectivity index (χ0) is 30.0. The lowest BCUT2D eigenvalue weighted by Crippen LogP contribution is -2.37. The number of hydrogen-bond acceptors (Lipinski definition) is 6. The van der Waals surface area contributed by atoms with E-state index < -0.39 is 36.2 Å². The molecule has 0 bridgehead atoms. The Balaban J connectivity index is 1.45. The molecule has 10 nitrogen and oxygen atoms in total. The molecular formula is C27H20ClF4N7O3. The van der Waals surface area contributed by atoms with Crippen LogP contribution in [0.25, 0.3) is 17.1 Å². The maximum absolute atomic E-state index is 14.1. The van der Waals surface area contributed by atoms with E-state index in [1.54, 1.807) is 24.3 Å². The molecule has 1 atom stereocenters. The average molecular weight is 602 g/mol. The zero-order valence-corrected chi connectivity index (χ0v) is 22.1. The van der Waals surface area contributed by atoms with Gasteiger partial charge in [0.15, 0.2) is 17.8 Å². The number of para-hydroxylation sites is 2. The molecule has 0 radical (unpaired) electrons. The molecule has 0 spiro atoms. The van der Waals surface area contributed by atoms with Crippen LogP contribution in [0.5, 0.6) is 0 Å². The Hall–Kier alpha value is -4.82. The molecular weight excluding hydrogens is 582 g/mol. The van der Waals surface area contributed by atoms with E-state index in [0.717, 1.165) is 4.68 Å². The number of aromatic nitrogens is 6. The number of anilines is 1. The summed E-state index contributed by atoms with van der Waals surface area (Å²) in [7, 11) is 0. The summed E-state index contributed by atoms with van der Waals surface area (Å²) < 4.78 is 56.3. The molecule has 0 aliphatic carbocycles. The molecule has 3 aromatic carbocycles. The van der Waals surface area contributed by atoms with Gasteiger partial charge < -0.3 is 10.4 Å². The lowest BCUT2D eigenvalue weighted by Gasteiger charge is -2.15. The largest absolute Gasteiger partial charge is 0.416 e. The van der Waals surface area contributed by atoms with Gasteiger partial charge in [0, 0.05) is 10.6 Å². The van der Waals surface area contributed by atoms with E-state index in [2.05, 4.69) is 20.5 Å². The summed E-state index contributed by atoms with van der Waals surface area (Å²) in [6.07, 6.45) is -6.51. The second-order valence-corrected chi connectivity index (χ2v) is 9.43. The van der Waals surface area contributed by atoms with Crippen LogP contribution in [0.2, 0.25) is 5.02 Å². The molecule has 216 valence electrons. The van der Waals surface area contributed by atoms with Gasteiger partial charge in [-0.1, -0.05) is 35.9 Å².